The molecule has 2 rings (SSSR count). The molecule has 0 unspecified atom stereocenters. The minimum Gasteiger partial charge on any atom is -0.294 e. The van der Waals surface area contributed by atoms with Gasteiger partial charge >= 0.3 is 0 Å². The smallest absolute Gasteiger partial charge is 0.166 e. The minimum atomic E-state index is 0.930. The van der Waals surface area contributed by atoms with E-state index in [4.69, 9.17) is 12.2 Å². The molecule has 1 aromatic carbocycles. The molecule has 1 heterocycles. The molecule has 0 spiro atoms. The SMILES string of the molecule is CCc1sc(=S)n(-c2c(C)cc(Br)cc2Br)c1CC. The van der Waals surface area contributed by atoms with Crippen molar-refractivity contribution in [2.24, 2.45) is 0 Å². The quantitative estimate of drug-likeness (QED) is 0.533. The van der Waals surface area contributed by atoms with E-state index in [0.29, 0.717) is 0 Å². The van der Waals surface area contributed by atoms with Gasteiger partial charge in [-0.05, 0) is 65.6 Å². The molecule has 0 bridgehead atoms. The van der Waals surface area contributed by atoms with Crippen LogP contribution in [0, 0.1) is 10.9 Å². The summed E-state index contributed by atoms with van der Waals surface area (Å²) >= 11 is 14.5. The molecule has 0 N–H and O–H groups in total. The monoisotopic (exact) mass is 419 g/mol. The van der Waals surface area contributed by atoms with Crippen LogP contribution in [0.25, 0.3) is 5.69 Å². The molecule has 0 amide bonds. The predicted molar refractivity (Wildman–Crippen MR) is 93.4 cm³/mol. The van der Waals surface area contributed by atoms with Gasteiger partial charge in [-0.3, -0.25) is 4.57 Å². The van der Waals surface area contributed by atoms with Crippen LogP contribution >= 0.6 is 55.4 Å². The molecule has 102 valence electrons. The van der Waals surface area contributed by atoms with Gasteiger partial charge in [-0.25, -0.2) is 0 Å². The number of hydrogen-bond donors (Lipinski definition) is 0. The summed E-state index contributed by atoms with van der Waals surface area (Å²) in [6.45, 7) is 6.50. The predicted octanol–water partition coefficient (Wildman–Crippen LogP) is 6.23. The van der Waals surface area contributed by atoms with Crippen molar-refractivity contribution < 1.29 is 0 Å². The summed E-state index contributed by atoms with van der Waals surface area (Å²) < 4.78 is 5.31. The number of aromatic nitrogens is 1. The maximum atomic E-state index is 5.58. The minimum absolute atomic E-state index is 0.930. The second-order valence-electron chi connectivity index (χ2n) is 4.33. The summed E-state index contributed by atoms with van der Waals surface area (Å²) in [7, 11) is 0. The van der Waals surface area contributed by atoms with Gasteiger partial charge in [0.15, 0.2) is 3.95 Å². The van der Waals surface area contributed by atoms with E-state index >= 15 is 0 Å². The van der Waals surface area contributed by atoms with E-state index in [0.717, 1.165) is 25.7 Å². The van der Waals surface area contributed by atoms with Gasteiger partial charge < -0.3 is 0 Å². The van der Waals surface area contributed by atoms with Gasteiger partial charge in [0.2, 0.25) is 0 Å². The Balaban J connectivity index is 2.79. The molecule has 0 radical (unpaired) electrons. The van der Waals surface area contributed by atoms with Crippen molar-refractivity contribution in [2.75, 3.05) is 0 Å². The molecule has 0 aliphatic heterocycles. The van der Waals surface area contributed by atoms with Crippen molar-refractivity contribution in [2.45, 2.75) is 33.6 Å². The van der Waals surface area contributed by atoms with Crippen LogP contribution < -0.4 is 0 Å². The third kappa shape index (κ3) is 2.89. The largest absolute Gasteiger partial charge is 0.294 e. The zero-order valence-electron chi connectivity index (χ0n) is 11.1. The first-order valence-electron chi connectivity index (χ1n) is 6.19. The molecule has 19 heavy (non-hydrogen) atoms. The lowest BCUT2D eigenvalue weighted by Gasteiger charge is -2.14. The fourth-order valence-corrected chi connectivity index (χ4v) is 5.40. The first kappa shape index (κ1) is 15.4. The Morgan fingerprint density at radius 2 is 1.89 bits per heavy atom. The number of hydrogen-bond acceptors (Lipinski definition) is 2. The van der Waals surface area contributed by atoms with Crippen LogP contribution in [0.3, 0.4) is 0 Å². The average Bonchev–Trinajstić information content (AvgIpc) is 2.65. The van der Waals surface area contributed by atoms with Crippen LogP contribution in [0.5, 0.6) is 0 Å². The molecule has 1 nitrogen and oxygen atoms in total. The number of benzene rings is 1. The Kier molecular flexibility index (Phi) is 5.04. The Morgan fingerprint density at radius 3 is 2.42 bits per heavy atom. The highest BCUT2D eigenvalue weighted by Crippen LogP contribution is 2.33. The molecule has 0 saturated heterocycles. The zero-order valence-corrected chi connectivity index (χ0v) is 15.9. The molecule has 0 aliphatic rings. The highest BCUT2D eigenvalue weighted by molar-refractivity contribution is 9.11. The average molecular weight is 421 g/mol. The molecule has 0 saturated carbocycles. The first-order chi connectivity index (χ1) is 8.99. The highest BCUT2D eigenvalue weighted by Gasteiger charge is 2.15. The fourth-order valence-electron chi connectivity index (χ4n) is 2.28. The van der Waals surface area contributed by atoms with E-state index in [2.05, 4.69) is 69.3 Å². The summed E-state index contributed by atoms with van der Waals surface area (Å²) in [6.07, 6.45) is 2.04. The van der Waals surface area contributed by atoms with Crippen LogP contribution in [-0.2, 0) is 12.8 Å². The fraction of sp³-hybridized carbons (Fsp3) is 0.357. The van der Waals surface area contributed by atoms with Gasteiger partial charge in [-0.15, -0.1) is 11.3 Å². The molecule has 0 atom stereocenters. The Bertz CT molecular complexity index is 648. The van der Waals surface area contributed by atoms with Gasteiger partial charge in [-0.1, -0.05) is 29.8 Å². The van der Waals surface area contributed by atoms with E-state index in [1.165, 1.54) is 21.8 Å². The van der Waals surface area contributed by atoms with E-state index in [1.807, 2.05) is 0 Å². The second kappa shape index (κ2) is 6.20. The van der Waals surface area contributed by atoms with Gasteiger partial charge in [0, 0.05) is 19.5 Å². The molecule has 5 heteroatoms. The molecule has 0 aliphatic carbocycles. The number of halogens is 2. The van der Waals surface area contributed by atoms with E-state index in [9.17, 15) is 0 Å². The van der Waals surface area contributed by atoms with Gasteiger partial charge in [0.25, 0.3) is 0 Å². The maximum Gasteiger partial charge on any atom is 0.166 e. The van der Waals surface area contributed by atoms with Crippen molar-refractivity contribution in [1.82, 2.24) is 4.57 Å². The third-order valence-corrected chi connectivity index (χ3v) is 5.71. The number of thiazole rings is 1. The van der Waals surface area contributed by atoms with Crippen LogP contribution in [0.15, 0.2) is 21.1 Å². The third-order valence-electron chi connectivity index (χ3n) is 3.08. The highest BCUT2D eigenvalue weighted by atomic mass is 79.9. The summed E-state index contributed by atoms with van der Waals surface area (Å²) in [6, 6.07) is 4.21. The second-order valence-corrected chi connectivity index (χ2v) is 7.83. The van der Waals surface area contributed by atoms with Crippen molar-refractivity contribution in [3.8, 4) is 5.69 Å². The van der Waals surface area contributed by atoms with Crippen molar-refractivity contribution in [3.63, 3.8) is 0 Å². The Morgan fingerprint density at radius 1 is 1.21 bits per heavy atom. The molecular weight excluding hydrogens is 406 g/mol. The van der Waals surface area contributed by atoms with E-state index < -0.39 is 0 Å². The topological polar surface area (TPSA) is 4.93 Å². The number of nitrogens with zero attached hydrogens (tertiary/aromatic N) is 1. The lowest BCUT2D eigenvalue weighted by molar-refractivity contribution is 0.893. The van der Waals surface area contributed by atoms with E-state index in [-0.39, 0.29) is 0 Å². The summed E-state index contributed by atoms with van der Waals surface area (Å²) in [5.41, 5.74) is 3.72. The van der Waals surface area contributed by atoms with Crippen LogP contribution in [0.2, 0.25) is 0 Å². The summed E-state index contributed by atoms with van der Waals surface area (Å²) in [5.74, 6) is 0. The van der Waals surface area contributed by atoms with Crippen molar-refractivity contribution >= 4 is 55.4 Å². The summed E-state index contributed by atoms with van der Waals surface area (Å²) in [5, 5.41) is 0. The Hall–Kier alpha value is 0.0300. The Labute approximate surface area is 139 Å². The van der Waals surface area contributed by atoms with Crippen LogP contribution in [0.1, 0.15) is 30.0 Å². The summed E-state index contributed by atoms with van der Waals surface area (Å²) in [4.78, 5) is 1.39. The van der Waals surface area contributed by atoms with Gasteiger partial charge in [0.1, 0.15) is 0 Å². The first-order valence-corrected chi connectivity index (χ1v) is 9.00. The van der Waals surface area contributed by atoms with Gasteiger partial charge in [-0.2, -0.15) is 0 Å². The molecule has 0 fully saturated rings. The van der Waals surface area contributed by atoms with E-state index in [1.54, 1.807) is 11.3 Å². The van der Waals surface area contributed by atoms with Crippen molar-refractivity contribution in [1.29, 1.82) is 0 Å². The maximum absolute atomic E-state index is 5.58. The normalized spacial score (nSPS) is 11.0. The molecular formula is C14H15Br2NS2. The molecule has 1 aromatic heterocycles. The number of aryl methyl sites for hydroxylation is 2. The van der Waals surface area contributed by atoms with Crippen LogP contribution in [0.4, 0.5) is 0 Å². The molecule has 2 aromatic rings. The standard InChI is InChI=1S/C14H15Br2NS2/c1-4-11-12(5-2)19-14(18)17(11)13-8(3)6-9(15)7-10(13)16/h6-7H,4-5H2,1-3H3. The van der Waals surface area contributed by atoms with Crippen molar-refractivity contribution in [3.05, 3.63) is 41.2 Å². The number of rotatable bonds is 3. The van der Waals surface area contributed by atoms with Gasteiger partial charge in [0.05, 0.1) is 5.69 Å². The van der Waals surface area contributed by atoms with Crippen LogP contribution in [-0.4, -0.2) is 4.57 Å². The zero-order chi connectivity index (χ0) is 14.2. The lowest BCUT2D eigenvalue weighted by atomic mass is 10.1. The lowest BCUT2D eigenvalue weighted by Crippen LogP contribution is -2.04.